The molecule has 4 heteroatoms. The maximum atomic E-state index is 10.1. The van der Waals surface area contributed by atoms with E-state index in [4.69, 9.17) is 0 Å². The maximum Gasteiger partial charge on any atom is 0.140 e. The van der Waals surface area contributed by atoms with Crippen LogP contribution in [-0.2, 0) is 0 Å². The second-order valence-electron chi connectivity index (χ2n) is 5.23. The third kappa shape index (κ3) is 2.17. The summed E-state index contributed by atoms with van der Waals surface area (Å²) < 4.78 is 1.98. The molecule has 1 fully saturated rings. The average Bonchev–Trinajstić information content (AvgIpc) is 2.98. The summed E-state index contributed by atoms with van der Waals surface area (Å²) in [4.78, 5) is 4.40. The summed E-state index contributed by atoms with van der Waals surface area (Å²) in [6, 6.07) is 8.06. The molecule has 1 heterocycles. The van der Waals surface area contributed by atoms with E-state index >= 15 is 0 Å². The summed E-state index contributed by atoms with van der Waals surface area (Å²) in [6.07, 6.45) is 3.70. The van der Waals surface area contributed by atoms with Gasteiger partial charge in [-0.25, -0.2) is 4.98 Å². The Hall–Kier alpha value is -1.65. The summed E-state index contributed by atoms with van der Waals surface area (Å²) in [5.41, 5.74) is 2.22. The van der Waals surface area contributed by atoms with E-state index in [1.54, 1.807) is 6.20 Å². The molecule has 19 heavy (non-hydrogen) atoms. The molecule has 4 nitrogen and oxygen atoms in total. The summed E-state index contributed by atoms with van der Waals surface area (Å²) in [5, 5.41) is 19.7. The number of aryl methyl sites for hydroxylation is 1. The monoisotopic (exact) mass is 258 g/mol. The van der Waals surface area contributed by atoms with Gasteiger partial charge in [-0.1, -0.05) is 23.8 Å². The Bertz CT molecular complexity index is 579. The summed E-state index contributed by atoms with van der Waals surface area (Å²) >= 11 is 0. The van der Waals surface area contributed by atoms with Crippen molar-refractivity contribution in [3.05, 3.63) is 42.2 Å². The molecule has 1 aromatic heterocycles. The van der Waals surface area contributed by atoms with Crippen molar-refractivity contribution in [2.45, 2.75) is 38.0 Å². The third-order valence-corrected chi connectivity index (χ3v) is 3.85. The fraction of sp³-hybridized carbons (Fsp3) is 0.400. The van der Waals surface area contributed by atoms with E-state index in [9.17, 15) is 10.2 Å². The van der Waals surface area contributed by atoms with Crippen LogP contribution in [0.1, 0.15) is 24.4 Å². The molecule has 0 amide bonds. The van der Waals surface area contributed by atoms with Gasteiger partial charge in [0.25, 0.3) is 0 Å². The standard InChI is InChI=1S/C15H18N2O2/c1-10-3-2-4-11(9-10)15-16-7-8-17(15)12-5-6-13(18)14(12)19/h2-4,7-9,12-14,18-19H,5-6H2,1H3/t12-,13-,14-/m1/s1. The predicted octanol–water partition coefficient (Wildman–Crippen LogP) is 1.92. The first-order chi connectivity index (χ1) is 9.16. The van der Waals surface area contributed by atoms with Gasteiger partial charge in [0.2, 0.25) is 0 Å². The van der Waals surface area contributed by atoms with Crippen molar-refractivity contribution in [1.29, 1.82) is 0 Å². The summed E-state index contributed by atoms with van der Waals surface area (Å²) in [5.74, 6) is 0.849. The molecule has 0 spiro atoms. The Labute approximate surface area is 112 Å². The smallest absolute Gasteiger partial charge is 0.140 e. The molecule has 2 N–H and O–H groups in total. The minimum atomic E-state index is -0.710. The minimum absolute atomic E-state index is 0.0898. The van der Waals surface area contributed by atoms with E-state index in [0.717, 1.165) is 17.8 Å². The predicted molar refractivity (Wildman–Crippen MR) is 72.7 cm³/mol. The Morgan fingerprint density at radius 2 is 2.11 bits per heavy atom. The fourth-order valence-corrected chi connectivity index (χ4v) is 2.83. The number of benzene rings is 1. The van der Waals surface area contributed by atoms with Crippen LogP contribution in [0.15, 0.2) is 36.7 Å². The van der Waals surface area contributed by atoms with Crippen LogP contribution in [-0.4, -0.2) is 32.0 Å². The van der Waals surface area contributed by atoms with E-state index in [1.807, 2.05) is 35.9 Å². The molecule has 0 radical (unpaired) electrons. The number of aliphatic hydroxyl groups is 2. The largest absolute Gasteiger partial charge is 0.390 e. The van der Waals surface area contributed by atoms with Crippen molar-refractivity contribution < 1.29 is 10.2 Å². The van der Waals surface area contributed by atoms with E-state index in [0.29, 0.717) is 6.42 Å². The molecular weight excluding hydrogens is 240 g/mol. The van der Waals surface area contributed by atoms with Crippen LogP contribution in [0.25, 0.3) is 11.4 Å². The number of nitrogens with zero attached hydrogens (tertiary/aromatic N) is 2. The van der Waals surface area contributed by atoms with Crippen LogP contribution < -0.4 is 0 Å². The van der Waals surface area contributed by atoms with Gasteiger partial charge in [0.15, 0.2) is 0 Å². The van der Waals surface area contributed by atoms with Crippen LogP contribution in [0.3, 0.4) is 0 Å². The van der Waals surface area contributed by atoms with E-state index in [-0.39, 0.29) is 6.04 Å². The van der Waals surface area contributed by atoms with Crippen LogP contribution in [0.4, 0.5) is 0 Å². The zero-order valence-electron chi connectivity index (χ0n) is 10.9. The van der Waals surface area contributed by atoms with Gasteiger partial charge >= 0.3 is 0 Å². The summed E-state index contributed by atoms with van der Waals surface area (Å²) in [7, 11) is 0. The highest BCUT2D eigenvalue weighted by molar-refractivity contribution is 5.56. The lowest BCUT2D eigenvalue weighted by atomic mass is 10.1. The van der Waals surface area contributed by atoms with Gasteiger partial charge in [0, 0.05) is 18.0 Å². The van der Waals surface area contributed by atoms with Crippen molar-refractivity contribution >= 4 is 0 Å². The minimum Gasteiger partial charge on any atom is -0.390 e. The lowest BCUT2D eigenvalue weighted by Gasteiger charge is -2.20. The van der Waals surface area contributed by atoms with Gasteiger partial charge in [-0.3, -0.25) is 0 Å². The lowest BCUT2D eigenvalue weighted by molar-refractivity contribution is 0.0238. The molecule has 1 aliphatic carbocycles. The fourth-order valence-electron chi connectivity index (χ4n) is 2.83. The van der Waals surface area contributed by atoms with Crippen molar-refractivity contribution in [3.8, 4) is 11.4 Å². The molecule has 100 valence electrons. The van der Waals surface area contributed by atoms with Gasteiger partial charge in [-0.15, -0.1) is 0 Å². The number of aliphatic hydroxyl groups excluding tert-OH is 2. The molecule has 1 saturated carbocycles. The molecule has 0 aliphatic heterocycles. The SMILES string of the molecule is Cc1cccc(-c2nccn2[C@@H]2CC[C@@H](O)[C@@H]2O)c1. The normalized spacial score (nSPS) is 26.8. The second kappa shape index (κ2) is 4.79. The van der Waals surface area contributed by atoms with E-state index < -0.39 is 12.2 Å². The Balaban J connectivity index is 1.99. The number of aromatic nitrogens is 2. The third-order valence-electron chi connectivity index (χ3n) is 3.85. The Morgan fingerprint density at radius 1 is 1.26 bits per heavy atom. The van der Waals surface area contributed by atoms with Crippen molar-refractivity contribution in [2.75, 3.05) is 0 Å². The topological polar surface area (TPSA) is 58.3 Å². The van der Waals surface area contributed by atoms with Crippen molar-refractivity contribution in [1.82, 2.24) is 9.55 Å². The van der Waals surface area contributed by atoms with Gasteiger partial charge in [0.05, 0.1) is 12.1 Å². The van der Waals surface area contributed by atoms with Gasteiger partial charge in [0.1, 0.15) is 11.9 Å². The number of imidazole rings is 1. The van der Waals surface area contributed by atoms with E-state index in [1.165, 1.54) is 5.56 Å². The zero-order valence-corrected chi connectivity index (χ0v) is 10.9. The lowest BCUT2D eigenvalue weighted by Crippen LogP contribution is -2.27. The molecule has 1 aliphatic rings. The molecule has 0 bridgehead atoms. The number of hydrogen-bond acceptors (Lipinski definition) is 3. The quantitative estimate of drug-likeness (QED) is 0.865. The van der Waals surface area contributed by atoms with Crippen LogP contribution >= 0.6 is 0 Å². The molecule has 3 atom stereocenters. The van der Waals surface area contributed by atoms with Gasteiger partial charge < -0.3 is 14.8 Å². The molecule has 0 unspecified atom stereocenters. The summed E-state index contributed by atoms with van der Waals surface area (Å²) in [6.45, 7) is 2.05. The first kappa shape index (κ1) is 12.4. The number of rotatable bonds is 2. The van der Waals surface area contributed by atoms with Crippen LogP contribution in [0.5, 0.6) is 0 Å². The maximum absolute atomic E-state index is 10.1. The van der Waals surface area contributed by atoms with Gasteiger partial charge in [-0.05, 0) is 25.8 Å². The molecule has 1 aromatic carbocycles. The first-order valence-electron chi connectivity index (χ1n) is 6.63. The Morgan fingerprint density at radius 3 is 2.79 bits per heavy atom. The van der Waals surface area contributed by atoms with E-state index in [2.05, 4.69) is 11.1 Å². The molecule has 2 aromatic rings. The van der Waals surface area contributed by atoms with Crippen LogP contribution in [0, 0.1) is 6.92 Å². The molecular formula is C15H18N2O2. The molecule has 0 saturated heterocycles. The van der Waals surface area contributed by atoms with Crippen molar-refractivity contribution in [3.63, 3.8) is 0 Å². The zero-order chi connectivity index (χ0) is 13.4. The first-order valence-corrected chi connectivity index (χ1v) is 6.63. The van der Waals surface area contributed by atoms with Crippen LogP contribution in [0.2, 0.25) is 0 Å². The highest BCUT2D eigenvalue weighted by Gasteiger charge is 2.35. The molecule has 3 rings (SSSR count). The second-order valence-corrected chi connectivity index (χ2v) is 5.23. The highest BCUT2D eigenvalue weighted by atomic mass is 16.3. The van der Waals surface area contributed by atoms with Crippen molar-refractivity contribution in [2.24, 2.45) is 0 Å². The Kier molecular flexibility index (Phi) is 3.12. The average molecular weight is 258 g/mol. The van der Waals surface area contributed by atoms with Gasteiger partial charge in [-0.2, -0.15) is 0 Å². The highest BCUT2D eigenvalue weighted by Crippen LogP contribution is 2.33. The number of hydrogen-bond donors (Lipinski definition) is 2.